The molecule has 11 heteroatoms. The summed E-state index contributed by atoms with van der Waals surface area (Å²) in [5.41, 5.74) is 2.24. The van der Waals surface area contributed by atoms with Crippen LogP contribution in [0, 0.1) is 13.8 Å². The number of hydrogen-bond acceptors (Lipinski definition) is 6. The van der Waals surface area contributed by atoms with Crippen LogP contribution in [0.3, 0.4) is 0 Å². The molecule has 3 aromatic rings. The molecule has 2 atom stereocenters. The first kappa shape index (κ1) is 28.1. The van der Waals surface area contributed by atoms with Crippen molar-refractivity contribution in [2.75, 3.05) is 16.7 Å². The number of esters is 1. The molecule has 0 unspecified atom stereocenters. The van der Waals surface area contributed by atoms with Gasteiger partial charge < -0.3 is 15.4 Å². The number of benzene rings is 3. The third-order valence-electron chi connectivity index (χ3n) is 6.46. The Morgan fingerprint density at radius 2 is 1.72 bits per heavy atom. The summed E-state index contributed by atoms with van der Waals surface area (Å²) >= 11 is 6.20. The van der Waals surface area contributed by atoms with Gasteiger partial charge in [-0.15, -0.1) is 0 Å². The predicted molar refractivity (Wildman–Crippen MR) is 148 cm³/mol. The van der Waals surface area contributed by atoms with Crippen LogP contribution in [0.2, 0.25) is 5.02 Å². The summed E-state index contributed by atoms with van der Waals surface area (Å²) in [6.45, 7) is 3.29. The lowest BCUT2D eigenvalue weighted by atomic mass is 10.0. The average Bonchev–Trinajstić information content (AvgIpc) is 2.90. The van der Waals surface area contributed by atoms with E-state index >= 15 is 0 Å². The monoisotopic (exact) mass is 569 g/mol. The van der Waals surface area contributed by atoms with Gasteiger partial charge in [0.15, 0.2) is 0 Å². The number of rotatable bonds is 8. The van der Waals surface area contributed by atoms with Gasteiger partial charge in [-0.05, 0) is 54.8 Å². The fourth-order valence-corrected chi connectivity index (χ4v) is 6.63. The lowest BCUT2D eigenvalue weighted by molar-refractivity contribution is -0.145. The van der Waals surface area contributed by atoms with Gasteiger partial charge >= 0.3 is 5.97 Å². The van der Waals surface area contributed by atoms with E-state index in [1.54, 1.807) is 68.4 Å². The van der Waals surface area contributed by atoms with Crippen molar-refractivity contribution >= 4 is 50.8 Å². The summed E-state index contributed by atoms with van der Waals surface area (Å²) in [5, 5.41) is 5.72. The Morgan fingerprint density at radius 1 is 1.05 bits per heavy atom. The van der Waals surface area contributed by atoms with E-state index in [0.29, 0.717) is 21.8 Å². The highest BCUT2D eigenvalue weighted by Gasteiger charge is 2.43. The molecule has 1 heterocycles. The van der Waals surface area contributed by atoms with Crippen molar-refractivity contribution in [1.29, 1.82) is 0 Å². The first-order chi connectivity index (χ1) is 18.5. The summed E-state index contributed by atoms with van der Waals surface area (Å²) in [6, 6.07) is 16.0. The average molecular weight is 570 g/mol. The summed E-state index contributed by atoms with van der Waals surface area (Å²) < 4.78 is 34.0. The van der Waals surface area contributed by atoms with Crippen LogP contribution in [0.25, 0.3) is 0 Å². The number of hydrogen-bond donors (Lipinski definition) is 2. The number of carbonyl (C=O) groups is 3. The maximum absolute atomic E-state index is 14.1. The number of methoxy groups -OCH3 is 1. The zero-order valence-electron chi connectivity index (χ0n) is 21.6. The third kappa shape index (κ3) is 5.91. The van der Waals surface area contributed by atoms with Gasteiger partial charge in [-0.2, -0.15) is 0 Å². The van der Waals surface area contributed by atoms with E-state index in [9.17, 15) is 22.8 Å². The van der Waals surface area contributed by atoms with Crippen LogP contribution in [0.4, 0.5) is 11.4 Å². The molecular weight excluding hydrogens is 542 g/mol. The number of aryl methyl sites for hydroxylation is 2. The van der Waals surface area contributed by atoms with Gasteiger partial charge in [0.2, 0.25) is 11.8 Å². The van der Waals surface area contributed by atoms with Crippen molar-refractivity contribution in [3.63, 3.8) is 0 Å². The second-order valence-electron chi connectivity index (χ2n) is 9.23. The second-order valence-corrected chi connectivity index (χ2v) is 11.4. The Hall–Kier alpha value is -3.89. The Bertz CT molecular complexity index is 1530. The maximum atomic E-state index is 14.1. The topological polar surface area (TPSA) is 122 Å². The van der Waals surface area contributed by atoms with Gasteiger partial charge in [0.05, 0.1) is 29.8 Å². The fourth-order valence-electron chi connectivity index (χ4n) is 4.49. The van der Waals surface area contributed by atoms with Crippen molar-refractivity contribution in [3.8, 4) is 0 Å². The maximum Gasteiger partial charge on any atom is 0.328 e. The van der Waals surface area contributed by atoms with E-state index in [-0.39, 0.29) is 17.0 Å². The first-order valence-electron chi connectivity index (χ1n) is 12.1. The van der Waals surface area contributed by atoms with E-state index in [1.165, 1.54) is 13.2 Å². The minimum Gasteiger partial charge on any atom is -0.467 e. The summed E-state index contributed by atoms with van der Waals surface area (Å²) in [5.74, 6) is -2.03. The molecule has 0 spiro atoms. The van der Waals surface area contributed by atoms with Gasteiger partial charge in [0.25, 0.3) is 10.0 Å². The molecule has 0 bridgehead atoms. The number of fused-ring (bicyclic) bond motifs is 1. The molecule has 0 saturated carbocycles. The number of nitrogens with zero attached hydrogens (tertiary/aromatic N) is 1. The molecule has 39 heavy (non-hydrogen) atoms. The highest BCUT2D eigenvalue weighted by atomic mass is 35.5. The summed E-state index contributed by atoms with van der Waals surface area (Å²) in [7, 11) is -3.12. The fraction of sp³-hybridized carbons (Fsp3) is 0.250. The molecule has 9 nitrogen and oxygen atoms in total. The molecule has 0 saturated heterocycles. The highest BCUT2D eigenvalue weighted by molar-refractivity contribution is 7.93. The standard InChI is InChI=1S/C28H28ClN3O6S/c1-17-14-25(18(2)13-20(17)29)39(36,37)32-23-12-8-7-11-21(23)31-27(34)24(32)16-26(33)30-22(28(35)38-3)15-19-9-5-4-6-10-19/h4-14,22,24H,15-16H2,1-3H3,(H,30,33)(H,31,34)/t22-,24+/m0/s1. The number of anilines is 2. The third-order valence-corrected chi connectivity index (χ3v) is 8.83. The predicted octanol–water partition coefficient (Wildman–Crippen LogP) is 3.76. The number of nitrogens with one attached hydrogen (secondary N) is 2. The Kier molecular flexibility index (Phi) is 8.27. The molecule has 0 fully saturated rings. The Balaban J connectivity index is 1.69. The van der Waals surface area contributed by atoms with Crippen LogP contribution < -0.4 is 14.9 Å². The minimum absolute atomic E-state index is 0.0316. The van der Waals surface area contributed by atoms with Gasteiger partial charge in [-0.3, -0.25) is 13.9 Å². The van der Waals surface area contributed by atoms with Crippen LogP contribution in [0.5, 0.6) is 0 Å². The molecule has 0 aliphatic carbocycles. The Labute approximate surface area is 232 Å². The van der Waals surface area contributed by atoms with E-state index in [2.05, 4.69) is 10.6 Å². The number of carbonyl (C=O) groups excluding carboxylic acids is 3. The van der Waals surface area contributed by atoms with Crippen molar-refractivity contribution in [1.82, 2.24) is 5.32 Å². The molecule has 1 aliphatic rings. The number of halogens is 1. The lowest BCUT2D eigenvalue weighted by Crippen LogP contribution is -2.54. The molecule has 0 aromatic heterocycles. The molecule has 4 rings (SSSR count). The van der Waals surface area contributed by atoms with Gasteiger partial charge in [-0.1, -0.05) is 54.1 Å². The number of sulfonamides is 1. The van der Waals surface area contributed by atoms with Crippen molar-refractivity contribution in [3.05, 3.63) is 88.4 Å². The van der Waals surface area contributed by atoms with Crippen molar-refractivity contribution in [2.24, 2.45) is 0 Å². The van der Waals surface area contributed by atoms with Crippen LogP contribution in [-0.4, -0.2) is 45.4 Å². The highest BCUT2D eigenvalue weighted by Crippen LogP contribution is 2.38. The van der Waals surface area contributed by atoms with Gasteiger partial charge in [0.1, 0.15) is 12.1 Å². The molecule has 3 aromatic carbocycles. The second kappa shape index (κ2) is 11.5. The van der Waals surface area contributed by atoms with Crippen molar-refractivity contribution in [2.45, 2.75) is 43.7 Å². The smallest absolute Gasteiger partial charge is 0.328 e. The number of ether oxygens (including phenoxy) is 1. The minimum atomic E-state index is -4.33. The van der Waals surface area contributed by atoms with Crippen LogP contribution in [0.15, 0.2) is 71.6 Å². The van der Waals surface area contributed by atoms with Crippen LogP contribution >= 0.6 is 11.6 Å². The zero-order chi connectivity index (χ0) is 28.3. The molecule has 2 N–H and O–H groups in total. The van der Waals surface area contributed by atoms with Gasteiger partial charge in [-0.25, -0.2) is 13.2 Å². The van der Waals surface area contributed by atoms with Crippen LogP contribution in [0.1, 0.15) is 23.1 Å². The summed E-state index contributed by atoms with van der Waals surface area (Å²) in [4.78, 5) is 38.9. The van der Waals surface area contributed by atoms with E-state index in [4.69, 9.17) is 16.3 Å². The molecule has 204 valence electrons. The molecule has 2 amide bonds. The molecule has 1 aliphatic heterocycles. The van der Waals surface area contributed by atoms with Crippen molar-refractivity contribution < 1.29 is 27.5 Å². The normalized spacial score (nSPS) is 15.6. The molecular formula is C28H28ClN3O6S. The van der Waals surface area contributed by atoms with Gasteiger partial charge in [0, 0.05) is 11.4 Å². The van der Waals surface area contributed by atoms with E-state index < -0.39 is 46.3 Å². The van der Waals surface area contributed by atoms with Crippen LogP contribution in [-0.2, 0) is 35.6 Å². The van der Waals surface area contributed by atoms with E-state index in [0.717, 1.165) is 9.87 Å². The summed E-state index contributed by atoms with van der Waals surface area (Å²) in [6.07, 6.45) is -0.377. The molecule has 0 radical (unpaired) electrons. The largest absolute Gasteiger partial charge is 0.467 e. The zero-order valence-corrected chi connectivity index (χ0v) is 23.2. The number of para-hydroxylation sites is 2. The Morgan fingerprint density at radius 3 is 2.41 bits per heavy atom. The van der Waals surface area contributed by atoms with E-state index in [1.807, 2.05) is 6.07 Å². The lowest BCUT2D eigenvalue weighted by Gasteiger charge is -2.37. The number of amides is 2. The quantitative estimate of drug-likeness (QED) is 0.398. The first-order valence-corrected chi connectivity index (χ1v) is 14.0. The SMILES string of the molecule is COC(=O)[C@H](Cc1ccccc1)NC(=O)C[C@@H]1C(=O)Nc2ccccc2N1S(=O)(=O)c1cc(C)c(Cl)cc1C.